The third-order valence-electron chi connectivity index (χ3n) is 3.84. The maximum atomic E-state index is 12.3. The van der Waals surface area contributed by atoms with E-state index in [-0.39, 0.29) is 11.3 Å². The Bertz CT molecular complexity index is 877. The van der Waals surface area contributed by atoms with Crippen LogP contribution in [0.15, 0.2) is 24.0 Å². The number of anilines is 1. The Morgan fingerprint density at radius 1 is 1.36 bits per heavy atom. The molecule has 2 N–H and O–H groups in total. The summed E-state index contributed by atoms with van der Waals surface area (Å²) >= 11 is 1.41. The first-order valence-electron chi connectivity index (χ1n) is 8.36. The summed E-state index contributed by atoms with van der Waals surface area (Å²) in [7, 11) is 0. The van der Waals surface area contributed by atoms with Crippen LogP contribution in [-0.4, -0.2) is 25.8 Å². The molecule has 1 unspecified atom stereocenters. The number of thiazole rings is 1. The number of carbonyl (C=O) groups excluding carboxylic acids is 1. The minimum atomic E-state index is 0.00660. The number of rotatable bonds is 5. The van der Waals surface area contributed by atoms with Crippen molar-refractivity contribution < 1.29 is 4.79 Å². The minimum Gasteiger partial charge on any atom is -0.346 e. The van der Waals surface area contributed by atoms with E-state index in [1.165, 1.54) is 17.7 Å². The van der Waals surface area contributed by atoms with Gasteiger partial charge in [0, 0.05) is 23.4 Å². The first-order valence-corrected chi connectivity index (χ1v) is 9.23. The first-order chi connectivity index (χ1) is 11.8. The van der Waals surface area contributed by atoms with Crippen LogP contribution in [-0.2, 0) is 4.79 Å². The van der Waals surface area contributed by atoms with Gasteiger partial charge >= 0.3 is 0 Å². The predicted octanol–water partition coefficient (Wildman–Crippen LogP) is 4.48. The number of fused-ring (bicyclic) bond motifs is 1. The van der Waals surface area contributed by atoms with Crippen LogP contribution in [0.2, 0.25) is 0 Å². The number of hydrogen-bond acceptors (Lipinski definition) is 5. The highest BCUT2D eigenvalue weighted by molar-refractivity contribution is 7.14. The molecule has 0 aliphatic carbocycles. The van der Waals surface area contributed by atoms with Gasteiger partial charge in [-0.3, -0.25) is 4.79 Å². The first kappa shape index (κ1) is 17.5. The summed E-state index contributed by atoms with van der Waals surface area (Å²) in [5, 5.41) is 6.34. The zero-order valence-corrected chi connectivity index (χ0v) is 15.8. The number of H-pyrrole nitrogens is 1. The molecule has 3 rings (SSSR count). The number of aromatic nitrogens is 4. The van der Waals surface area contributed by atoms with Crippen LogP contribution in [0.25, 0.3) is 22.4 Å². The van der Waals surface area contributed by atoms with Crippen molar-refractivity contribution in [1.82, 2.24) is 19.9 Å². The maximum Gasteiger partial charge on any atom is 0.226 e. The molecule has 3 aromatic heterocycles. The summed E-state index contributed by atoms with van der Waals surface area (Å²) in [4.78, 5) is 28.3. The Labute approximate surface area is 151 Å². The lowest BCUT2D eigenvalue weighted by Crippen LogP contribution is -2.18. The minimum absolute atomic E-state index is 0.00660. The summed E-state index contributed by atoms with van der Waals surface area (Å²) in [6.07, 6.45) is 4.85. The number of hydrogen-bond donors (Lipinski definition) is 2. The molecule has 3 aromatic rings. The number of amides is 1. The van der Waals surface area contributed by atoms with E-state index in [9.17, 15) is 4.79 Å². The molecule has 7 heteroatoms. The molecule has 0 bridgehead atoms. The van der Waals surface area contributed by atoms with Crippen molar-refractivity contribution >= 4 is 33.4 Å². The molecule has 0 fully saturated rings. The zero-order chi connectivity index (χ0) is 18.0. The number of aromatic amines is 1. The fraction of sp³-hybridized carbons (Fsp3) is 0.444. The van der Waals surface area contributed by atoms with Crippen molar-refractivity contribution in [2.45, 2.75) is 40.5 Å². The second-order valence-corrected chi connectivity index (χ2v) is 8.48. The van der Waals surface area contributed by atoms with Gasteiger partial charge in [0.25, 0.3) is 0 Å². The maximum absolute atomic E-state index is 12.3. The Hall–Kier alpha value is -2.28. The molecule has 132 valence electrons. The van der Waals surface area contributed by atoms with Crippen molar-refractivity contribution in [1.29, 1.82) is 0 Å². The Morgan fingerprint density at radius 3 is 2.92 bits per heavy atom. The average Bonchev–Trinajstić information content (AvgIpc) is 3.12. The molecule has 25 heavy (non-hydrogen) atoms. The van der Waals surface area contributed by atoms with Crippen molar-refractivity contribution in [2.75, 3.05) is 5.32 Å². The summed E-state index contributed by atoms with van der Waals surface area (Å²) in [5.41, 5.74) is 2.52. The monoisotopic (exact) mass is 357 g/mol. The molecular formula is C18H23N5OS. The van der Waals surface area contributed by atoms with Crippen molar-refractivity contribution in [3.63, 3.8) is 0 Å². The molecule has 0 aromatic carbocycles. The van der Waals surface area contributed by atoms with Gasteiger partial charge in [0.1, 0.15) is 23.4 Å². The van der Waals surface area contributed by atoms with E-state index >= 15 is 0 Å². The SMILES string of the molecule is CC(CC(=O)Nc1nc(-c2ncnc3[nH]ccc23)cs1)CC(C)(C)C. The topological polar surface area (TPSA) is 83.6 Å². The molecule has 0 radical (unpaired) electrons. The van der Waals surface area contributed by atoms with E-state index in [0.717, 1.165) is 28.8 Å². The third kappa shape index (κ3) is 4.42. The molecule has 1 amide bonds. The fourth-order valence-electron chi connectivity index (χ4n) is 3.12. The van der Waals surface area contributed by atoms with Gasteiger partial charge in [0.05, 0.1) is 0 Å². The quantitative estimate of drug-likeness (QED) is 0.705. The van der Waals surface area contributed by atoms with E-state index in [1.807, 2.05) is 17.6 Å². The van der Waals surface area contributed by atoms with Crippen LogP contribution < -0.4 is 5.32 Å². The van der Waals surface area contributed by atoms with Crippen molar-refractivity contribution in [3.05, 3.63) is 24.0 Å². The van der Waals surface area contributed by atoms with Crippen molar-refractivity contribution in [2.24, 2.45) is 11.3 Å². The van der Waals surface area contributed by atoms with E-state index in [1.54, 1.807) is 0 Å². The van der Waals surface area contributed by atoms with Gasteiger partial charge in [-0.1, -0.05) is 27.7 Å². The van der Waals surface area contributed by atoms with Gasteiger partial charge in [-0.25, -0.2) is 15.0 Å². The Morgan fingerprint density at radius 2 is 2.16 bits per heavy atom. The highest BCUT2D eigenvalue weighted by Gasteiger charge is 2.18. The van der Waals surface area contributed by atoms with Gasteiger partial charge in [0.15, 0.2) is 5.13 Å². The molecule has 3 heterocycles. The highest BCUT2D eigenvalue weighted by Crippen LogP contribution is 2.29. The van der Waals surface area contributed by atoms with E-state index in [0.29, 0.717) is 17.5 Å². The number of nitrogens with one attached hydrogen (secondary N) is 2. The molecule has 0 saturated carbocycles. The molecule has 0 spiro atoms. The van der Waals surface area contributed by atoms with E-state index in [2.05, 4.69) is 52.9 Å². The summed E-state index contributed by atoms with van der Waals surface area (Å²) < 4.78 is 0. The number of nitrogens with zero attached hydrogens (tertiary/aromatic N) is 3. The molecule has 0 saturated heterocycles. The van der Waals surface area contributed by atoms with Crippen LogP contribution in [0.3, 0.4) is 0 Å². The normalized spacial score (nSPS) is 13.1. The van der Waals surface area contributed by atoms with Crippen LogP contribution >= 0.6 is 11.3 Å². The second kappa shape index (κ2) is 6.92. The standard InChI is InChI=1S/C18H23N5OS/c1-11(8-18(2,3)4)7-14(24)23-17-22-13(9-25-17)15-12-5-6-19-16(12)21-10-20-15/h5-6,9-11H,7-8H2,1-4H3,(H,19,20,21)(H,22,23,24). The lowest BCUT2D eigenvalue weighted by Gasteiger charge is -2.22. The summed E-state index contributed by atoms with van der Waals surface area (Å²) in [6.45, 7) is 8.69. The van der Waals surface area contributed by atoms with Crippen LogP contribution in [0, 0.1) is 11.3 Å². The lowest BCUT2D eigenvalue weighted by molar-refractivity contribution is -0.117. The number of carbonyl (C=O) groups is 1. The molecule has 0 aliphatic rings. The average molecular weight is 357 g/mol. The zero-order valence-electron chi connectivity index (χ0n) is 15.0. The Balaban J connectivity index is 1.68. The van der Waals surface area contributed by atoms with Crippen LogP contribution in [0.5, 0.6) is 0 Å². The summed E-state index contributed by atoms with van der Waals surface area (Å²) in [6, 6.07) is 1.93. The second-order valence-electron chi connectivity index (χ2n) is 7.62. The van der Waals surface area contributed by atoms with Crippen molar-refractivity contribution in [3.8, 4) is 11.4 Å². The van der Waals surface area contributed by atoms with Crippen LogP contribution in [0.4, 0.5) is 5.13 Å². The Kier molecular flexibility index (Phi) is 4.85. The van der Waals surface area contributed by atoms with Gasteiger partial charge in [-0.15, -0.1) is 11.3 Å². The molecule has 0 aliphatic heterocycles. The molecular weight excluding hydrogens is 334 g/mol. The molecule has 1 atom stereocenters. The largest absolute Gasteiger partial charge is 0.346 e. The fourth-order valence-corrected chi connectivity index (χ4v) is 3.83. The third-order valence-corrected chi connectivity index (χ3v) is 4.60. The smallest absolute Gasteiger partial charge is 0.226 e. The van der Waals surface area contributed by atoms with Gasteiger partial charge < -0.3 is 10.3 Å². The van der Waals surface area contributed by atoms with Gasteiger partial charge in [-0.05, 0) is 23.8 Å². The van der Waals surface area contributed by atoms with E-state index in [4.69, 9.17) is 0 Å². The van der Waals surface area contributed by atoms with E-state index < -0.39 is 0 Å². The van der Waals surface area contributed by atoms with Crippen LogP contribution in [0.1, 0.15) is 40.5 Å². The highest BCUT2D eigenvalue weighted by atomic mass is 32.1. The molecule has 6 nitrogen and oxygen atoms in total. The van der Waals surface area contributed by atoms with Gasteiger partial charge in [-0.2, -0.15) is 0 Å². The predicted molar refractivity (Wildman–Crippen MR) is 101 cm³/mol. The lowest BCUT2D eigenvalue weighted by atomic mass is 9.84. The van der Waals surface area contributed by atoms with Gasteiger partial charge in [0.2, 0.25) is 5.91 Å². The summed E-state index contributed by atoms with van der Waals surface area (Å²) in [5.74, 6) is 0.341.